The Morgan fingerprint density at radius 2 is 2.25 bits per heavy atom. The first-order chi connectivity index (χ1) is 7.47. The zero-order valence-electron chi connectivity index (χ0n) is 10.4. The summed E-state index contributed by atoms with van der Waals surface area (Å²) in [6.45, 7) is 7.21. The number of nitrogens with one attached hydrogen (secondary N) is 1. The van der Waals surface area contributed by atoms with Crippen molar-refractivity contribution in [2.45, 2.75) is 27.2 Å². The van der Waals surface area contributed by atoms with Crippen LogP contribution in [0.1, 0.15) is 31.5 Å². The smallest absolute Gasteiger partial charge is 0.134 e. The molecule has 1 rings (SSSR count). The second kappa shape index (κ2) is 5.30. The van der Waals surface area contributed by atoms with Gasteiger partial charge in [-0.1, -0.05) is 32.5 Å². The molecule has 1 unspecified atom stereocenters. The molecule has 90 valence electrons. The highest BCUT2D eigenvalue weighted by Gasteiger charge is 2.15. The highest BCUT2D eigenvalue weighted by atomic mass is 32.1. The van der Waals surface area contributed by atoms with E-state index >= 15 is 0 Å². The molecule has 0 saturated heterocycles. The van der Waals surface area contributed by atoms with Crippen LogP contribution in [0.2, 0.25) is 0 Å². The largest absolute Gasteiger partial charge is 0.389 e. The fourth-order valence-electron chi connectivity index (χ4n) is 1.57. The summed E-state index contributed by atoms with van der Waals surface area (Å²) in [7, 11) is 1.90. The minimum Gasteiger partial charge on any atom is -0.389 e. The van der Waals surface area contributed by atoms with Gasteiger partial charge < -0.3 is 11.1 Å². The van der Waals surface area contributed by atoms with Crippen LogP contribution in [0.5, 0.6) is 0 Å². The fourth-order valence-corrected chi connectivity index (χ4v) is 1.82. The van der Waals surface area contributed by atoms with Gasteiger partial charge in [-0.05, 0) is 12.8 Å². The summed E-state index contributed by atoms with van der Waals surface area (Å²) < 4.78 is 1.80. The van der Waals surface area contributed by atoms with Crippen LogP contribution in [0.4, 0.5) is 5.82 Å². The molecule has 0 radical (unpaired) electrons. The maximum absolute atomic E-state index is 5.71. The molecule has 16 heavy (non-hydrogen) atoms. The molecule has 0 aromatic carbocycles. The number of aryl methyl sites for hydroxylation is 2. The number of hydrogen-bond acceptors (Lipinski definition) is 3. The molecule has 0 amide bonds. The highest BCUT2D eigenvalue weighted by molar-refractivity contribution is 7.80. The molecule has 0 bridgehead atoms. The van der Waals surface area contributed by atoms with E-state index in [4.69, 9.17) is 18.0 Å². The molecule has 0 aliphatic rings. The lowest BCUT2D eigenvalue weighted by Crippen LogP contribution is -2.17. The average molecular weight is 240 g/mol. The zero-order chi connectivity index (χ0) is 12.3. The Hall–Kier alpha value is -1.10. The minimum absolute atomic E-state index is 0.400. The van der Waals surface area contributed by atoms with E-state index in [2.05, 4.69) is 24.3 Å². The Labute approximate surface area is 102 Å². The van der Waals surface area contributed by atoms with E-state index in [1.165, 1.54) is 0 Å². The van der Waals surface area contributed by atoms with Crippen LogP contribution in [0.25, 0.3) is 0 Å². The van der Waals surface area contributed by atoms with Gasteiger partial charge in [-0.15, -0.1) is 0 Å². The summed E-state index contributed by atoms with van der Waals surface area (Å²) in [5.74, 6) is 1.54. The lowest BCUT2D eigenvalue weighted by Gasteiger charge is -2.12. The van der Waals surface area contributed by atoms with Crippen LogP contribution in [0.15, 0.2) is 0 Å². The summed E-state index contributed by atoms with van der Waals surface area (Å²) in [4.78, 5) is 0.400. The number of nitrogens with two attached hydrogens (primary N) is 1. The Bertz CT molecular complexity index is 384. The van der Waals surface area contributed by atoms with E-state index in [1.807, 2.05) is 14.0 Å². The van der Waals surface area contributed by atoms with Crippen molar-refractivity contribution in [3.8, 4) is 0 Å². The van der Waals surface area contributed by atoms with Crippen LogP contribution < -0.4 is 11.1 Å². The van der Waals surface area contributed by atoms with Crippen molar-refractivity contribution < 1.29 is 0 Å². The third-order valence-corrected chi connectivity index (χ3v) is 2.99. The van der Waals surface area contributed by atoms with Gasteiger partial charge in [0.05, 0.1) is 11.3 Å². The van der Waals surface area contributed by atoms with E-state index < -0.39 is 0 Å². The van der Waals surface area contributed by atoms with E-state index in [0.29, 0.717) is 10.9 Å². The van der Waals surface area contributed by atoms with Gasteiger partial charge in [0, 0.05) is 13.6 Å². The molecule has 5 heteroatoms. The van der Waals surface area contributed by atoms with Crippen molar-refractivity contribution in [3.05, 3.63) is 11.3 Å². The molecule has 0 fully saturated rings. The Balaban J connectivity index is 2.90. The number of nitrogens with zero attached hydrogens (tertiary/aromatic N) is 2. The number of anilines is 1. The van der Waals surface area contributed by atoms with Gasteiger partial charge in [0.2, 0.25) is 0 Å². The third-order valence-electron chi connectivity index (χ3n) is 2.78. The SMILES string of the molecule is CCC(C)CNc1c(C(N)=S)c(C)nn1C. The normalized spacial score (nSPS) is 12.5. The molecule has 1 aromatic heterocycles. The lowest BCUT2D eigenvalue weighted by atomic mass is 10.1. The molecule has 4 nitrogen and oxygen atoms in total. The number of rotatable bonds is 5. The topological polar surface area (TPSA) is 55.9 Å². The van der Waals surface area contributed by atoms with Crippen molar-refractivity contribution in [2.75, 3.05) is 11.9 Å². The third kappa shape index (κ3) is 2.72. The predicted molar refractivity (Wildman–Crippen MR) is 71.8 cm³/mol. The number of thiocarbonyl (C=S) groups is 1. The van der Waals surface area contributed by atoms with Gasteiger partial charge >= 0.3 is 0 Å². The van der Waals surface area contributed by atoms with Gasteiger partial charge in [-0.2, -0.15) is 5.10 Å². The molecule has 0 aliphatic carbocycles. The average Bonchev–Trinajstić information content (AvgIpc) is 2.49. The van der Waals surface area contributed by atoms with Crippen molar-refractivity contribution in [3.63, 3.8) is 0 Å². The maximum Gasteiger partial charge on any atom is 0.134 e. The summed E-state index contributed by atoms with van der Waals surface area (Å²) in [5, 5.41) is 7.69. The van der Waals surface area contributed by atoms with Crippen LogP contribution in [-0.4, -0.2) is 21.3 Å². The standard InChI is InChI=1S/C11H20N4S/c1-5-7(2)6-13-11-9(10(12)16)8(3)14-15(11)4/h7,13H,5-6H2,1-4H3,(H2,12,16). The Morgan fingerprint density at radius 3 is 2.75 bits per heavy atom. The van der Waals surface area contributed by atoms with E-state index in [-0.39, 0.29) is 0 Å². The highest BCUT2D eigenvalue weighted by Crippen LogP contribution is 2.19. The number of aromatic nitrogens is 2. The molecule has 1 aromatic rings. The molecular weight excluding hydrogens is 220 g/mol. The van der Waals surface area contributed by atoms with Crippen molar-refractivity contribution >= 4 is 23.0 Å². The van der Waals surface area contributed by atoms with Gasteiger partial charge in [0.1, 0.15) is 10.8 Å². The Morgan fingerprint density at radius 1 is 1.62 bits per heavy atom. The van der Waals surface area contributed by atoms with Gasteiger partial charge in [-0.3, -0.25) is 4.68 Å². The quantitative estimate of drug-likeness (QED) is 0.771. The second-order valence-corrected chi connectivity index (χ2v) is 4.63. The minimum atomic E-state index is 0.400. The van der Waals surface area contributed by atoms with E-state index in [9.17, 15) is 0 Å². The summed E-state index contributed by atoms with van der Waals surface area (Å²) in [6.07, 6.45) is 1.15. The van der Waals surface area contributed by atoms with E-state index in [0.717, 1.165) is 30.0 Å². The molecule has 1 heterocycles. The predicted octanol–water partition coefficient (Wildman–Crippen LogP) is 1.82. The van der Waals surface area contributed by atoms with Crippen molar-refractivity contribution in [1.29, 1.82) is 0 Å². The molecule has 3 N–H and O–H groups in total. The molecule has 1 atom stereocenters. The lowest BCUT2D eigenvalue weighted by molar-refractivity contribution is 0.589. The number of hydrogen-bond donors (Lipinski definition) is 2. The van der Waals surface area contributed by atoms with Crippen LogP contribution >= 0.6 is 12.2 Å². The van der Waals surface area contributed by atoms with Crippen LogP contribution in [0, 0.1) is 12.8 Å². The molecule has 0 aliphatic heterocycles. The van der Waals surface area contributed by atoms with Gasteiger partial charge in [0.15, 0.2) is 0 Å². The summed E-state index contributed by atoms with van der Waals surface area (Å²) >= 11 is 5.04. The first-order valence-corrected chi connectivity index (χ1v) is 5.95. The van der Waals surface area contributed by atoms with Crippen LogP contribution in [-0.2, 0) is 7.05 Å². The van der Waals surface area contributed by atoms with E-state index in [1.54, 1.807) is 4.68 Å². The maximum atomic E-state index is 5.71. The fraction of sp³-hybridized carbons (Fsp3) is 0.636. The monoisotopic (exact) mass is 240 g/mol. The van der Waals surface area contributed by atoms with Crippen molar-refractivity contribution in [2.24, 2.45) is 18.7 Å². The molecule has 0 spiro atoms. The van der Waals surface area contributed by atoms with Gasteiger partial charge in [-0.25, -0.2) is 0 Å². The van der Waals surface area contributed by atoms with Crippen LogP contribution in [0.3, 0.4) is 0 Å². The van der Waals surface area contributed by atoms with Crippen molar-refractivity contribution in [1.82, 2.24) is 9.78 Å². The summed E-state index contributed by atoms with van der Waals surface area (Å²) in [6, 6.07) is 0. The zero-order valence-corrected chi connectivity index (χ0v) is 11.2. The Kier molecular flexibility index (Phi) is 4.29. The first kappa shape index (κ1) is 13.0. The second-order valence-electron chi connectivity index (χ2n) is 4.19. The first-order valence-electron chi connectivity index (χ1n) is 5.54. The van der Waals surface area contributed by atoms with Gasteiger partial charge in [0.25, 0.3) is 0 Å². The summed E-state index contributed by atoms with van der Waals surface area (Å²) in [5.41, 5.74) is 7.44. The molecular formula is C11H20N4S. The molecule has 0 saturated carbocycles.